The fourth-order valence-electron chi connectivity index (χ4n) is 3.09. The summed E-state index contributed by atoms with van der Waals surface area (Å²) in [5.74, 6) is -1.86. The van der Waals surface area contributed by atoms with Gasteiger partial charge in [0.15, 0.2) is 0 Å². The maximum atomic E-state index is 13.9. The summed E-state index contributed by atoms with van der Waals surface area (Å²) in [6.45, 7) is 4.94. The van der Waals surface area contributed by atoms with Gasteiger partial charge in [0, 0.05) is 37.4 Å². The van der Waals surface area contributed by atoms with Gasteiger partial charge in [0.1, 0.15) is 16.5 Å². The molecule has 0 spiro atoms. The number of anilines is 1. The molecule has 1 saturated heterocycles. The minimum Gasteiger partial charge on any atom is -0.366 e. The van der Waals surface area contributed by atoms with Gasteiger partial charge in [0.2, 0.25) is 10.0 Å². The second kappa shape index (κ2) is 6.72. The van der Waals surface area contributed by atoms with Crippen LogP contribution >= 0.6 is 0 Å². The summed E-state index contributed by atoms with van der Waals surface area (Å²) in [4.78, 5) is 1.65. The molecule has 7 heteroatoms. The fraction of sp³-hybridized carbons (Fsp3) is 0.333. The van der Waals surface area contributed by atoms with E-state index in [1.54, 1.807) is 0 Å². The molecular formula is C18H20F2N2O2S. The molecule has 0 N–H and O–H groups in total. The van der Waals surface area contributed by atoms with E-state index in [2.05, 4.69) is 4.90 Å². The van der Waals surface area contributed by atoms with Crippen molar-refractivity contribution < 1.29 is 17.2 Å². The van der Waals surface area contributed by atoms with Gasteiger partial charge >= 0.3 is 0 Å². The van der Waals surface area contributed by atoms with Crippen molar-refractivity contribution >= 4 is 15.7 Å². The van der Waals surface area contributed by atoms with Crippen LogP contribution < -0.4 is 4.90 Å². The van der Waals surface area contributed by atoms with E-state index in [0.29, 0.717) is 12.6 Å². The first-order chi connectivity index (χ1) is 11.8. The van der Waals surface area contributed by atoms with E-state index in [1.807, 2.05) is 38.1 Å². The molecule has 2 aromatic rings. The van der Waals surface area contributed by atoms with Crippen LogP contribution in [0.15, 0.2) is 47.4 Å². The van der Waals surface area contributed by atoms with Crippen LogP contribution in [0.4, 0.5) is 14.5 Å². The van der Waals surface area contributed by atoms with Crippen LogP contribution in [0.3, 0.4) is 0 Å². The molecule has 1 atom stereocenters. The van der Waals surface area contributed by atoms with Crippen LogP contribution in [0.5, 0.6) is 0 Å². The zero-order chi connectivity index (χ0) is 18.2. The van der Waals surface area contributed by atoms with E-state index < -0.39 is 26.6 Å². The predicted octanol–water partition coefficient (Wildman–Crippen LogP) is 3.17. The van der Waals surface area contributed by atoms with Crippen molar-refractivity contribution in [2.75, 3.05) is 24.5 Å². The summed E-state index contributed by atoms with van der Waals surface area (Å²) in [5, 5.41) is 0. The molecule has 25 heavy (non-hydrogen) atoms. The van der Waals surface area contributed by atoms with Gasteiger partial charge in [-0.05, 0) is 38.1 Å². The molecule has 0 radical (unpaired) electrons. The maximum absolute atomic E-state index is 13.9. The normalized spacial score (nSPS) is 19.2. The molecule has 134 valence electrons. The molecule has 0 unspecified atom stereocenters. The van der Waals surface area contributed by atoms with Gasteiger partial charge in [0.05, 0.1) is 0 Å². The van der Waals surface area contributed by atoms with E-state index in [9.17, 15) is 17.2 Å². The van der Waals surface area contributed by atoms with E-state index in [0.717, 1.165) is 23.4 Å². The van der Waals surface area contributed by atoms with Crippen molar-refractivity contribution in [3.8, 4) is 0 Å². The van der Waals surface area contributed by atoms with Crippen molar-refractivity contribution in [1.29, 1.82) is 0 Å². The van der Waals surface area contributed by atoms with Crippen molar-refractivity contribution in [3.05, 3.63) is 59.7 Å². The largest absolute Gasteiger partial charge is 0.366 e. The second-order valence-corrected chi connectivity index (χ2v) is 8.22. The standard InChI is InChI=1S/C18H20F2N2O2S/c1-13-3-6-16(7-4-13)22-10-9-21(12-14(22)2)25(23,24)18-8-5-15(19)11-17(18)20/h3-8,11,14H,9-10,12H2,1-2H3/t14-/m1/s1. The van der Waals surface area contributed by atoms with Crippen molar-refractivity contribution in [3.63, 3.8) is 0 Å². The van der Waals surface area contributed by atoms with Gasteiger partial charge in [-0.2, -0.15) is 4.31 Å². The van der Waals surface area contributed by atoms with Crippen LogP contribution in [-0.4, -0.2) is 38.4 Å². The summed E-state index contributed by atoms with van der Waals surface area (Å²) in [6.07, 6.45) is 0. The average molecular weight is 366 g/mol. The minimum atomic E-state index is -3.99. The summed E-state index contributed by atoms with van der Waals surface area (Å²) < 4.78 is 53.6. The Bertz CT molecular complexity index is 869. The Hall–Kier alpha value is -1.99. The van der Waals surface area contributed by atoms with E-state index in [4.69, 9.17) is 0 Å². The van der Waals surface area contributed by atoms with Crippen LogP contribution in [0.2, 0.25) is 0 Å². The highest BCUT2D eigenvalue weighted by atomic mass is 32.2. The number of sulfonamides is 1. The molecule has 4 nitrogen and oxygen atoms in total. The van der Waals surface area contributed by atoms with Gasteiger partial charge < -0.3 is 4.90 Å². The van der Waals surface area contributed by atoms with Gasteiger partial charge in [-0.15, -0.1) is 0 Å². The number of nitrogens with zero attached hydrogens (tertiary/aromatic N) is 2. The zero-order valence-corrected chi connectivity index (χ0v) is 14.9. The molecule has 0 bridgehead atoms. The minimum absolute atomic E-state index is 0.0604. The Morgan fingerprint density at radius 1 is 1.04 bits per heavy atom. The summed E-state index contributed by atoms with van der Waals surface area (Å²) in [7, 11) is -3.99. The highest BCUT2D eigenvalue weighted by Crippen LogP contribution is 2.26. The lowest BCUT2D eigenvalue weighted by molar-refractivity contribution is 0.341. The molecule has 0 amide bonds. The molecule has 0 aromatic heterocycles. The van der Waals surface area contributed by atoms with Gasteiger partial charge in [-0.25, -0.2) is 17.2 Å². The first-order valence-electron chi connectivity index (χ1n) is 8.07. The number of aryl methyl sites for hydroxylation is 1. The van der Waals surface area contributed by atoms with E-state index >= 15 is 0 Å². The number of halogens is 2. The summed E-state index contributed by atoms with van der Waals surface area (Å²) in [5.41, 5.74) is 2.19. The molecule has 1 aliphatic heterocycles. The number of benzene rings is 2. The number of rotatable bonds is 3. The molecule has 2 aromatic carbocycles. The lowest BCUT2D eigenvalue weighted by atomic mass is 10.1. The number of hydrogen-bond acceptors (Lipinski definition) is 3. The molecule has 1 aliphatic rings. The number of hydrogen-bond donors (Lipinski definition) is 0. The Morgan fingerprint density at radius 2 is 1.72 bits per heavy atom. The molecular weight excluding hydrogens is 346 g/mol. The Labute approximate surface area is 146 Å². The van der Waals surface area contributed by atoms with Gasteiger partial charge in [-0.1, -0.05) is 17.7 Å². The first kappa shape index (κ1) is 17.8. The van der Waals surface area contributed by atoms with E-state index in [1.165, 1.54) is 4.31 Å². The van der Waals surface area contributed by atoms with Crippen LogP contribution in [0, 0.1) is 18.6 Å². The third-order valence-corrected chi connectivity index (χ3v) is 6.37. The number of piperazine rings is 1. The van der Waals surface area contributed by atoms with Crippen LogP contribution in [0.25, 0.3) is 0 Å². The maximum Gasteiger partial charge on any atom is 0.246 e. The smallest absolute Gasteiger partial charge is 0.246 e. The van der Waals surface area contributed by atoms with E-state index in [-0.39, 0.29) is 19.1 Å². The average Bonchev–Trinajstić information content (AvgIpc) is 2.55. The van der Waals surface area contributed by atoms with Crippen molar-refractivity contribution in [1.82, 2.24) is 4.31 Å². The zero-order valence-electron chi connectivity index (χ0n) is 14.1. The fourth-order valence-corrected chi connectivity index (χ4v) is 4.64. The van der Waals surface area contributed by atoms with Crippen LogP contribution in [0.1, 0.15) is 12.5 Å². The lowest BCUT2D eigenvalue weighted by Crippen LogP contribution is -2.53. The predicted molar refractivity (Wildman–Crippen MR) is 93.1 cm³/mol. The molecule has 3 rings (SSSR count). The Balaban J connectivity index is 1.81. The molecule has 0 saturated carbocycles. The van der Waals surface area contributed by atoms with Crippen LogP contribution in [-0.2, 0) is 10.0 Å². The van der Waals surface area contributed by atoms with Gasteiger partial charge in [0.25, 0.3) is 0 Å². The second-order valence-electron chi connectivity index (χ2n) is 6.32. The monoisotopic (exact) mass is 366 g/mol. The SMILES string of the molecule is Cc1ccc(N2CCN(S(=O)(=O)c3ccc(F)cc3F)C[C@H]2C)cc1. The molecule has 1 fully saturated rings. The highest BCUT2D eigenvalue weighted by molar-refractivity contribution is 7.89. The first-order valence-corrected chi connectivity index (χ1v) is 9.51. The Kier molecular flexibility index (Phi) is 4.79. The van der Waals surface area contributed by atoms with Crippen molar-refractivity contribution in [2.24, 2.45) is 0 Å². The Morgan fingerprint density at radius 3 is 2.32 bits per heavy atom. The lowest BCUT2D eigenvalue weighted by Gasteiger charge is -2.40. The molecule has 0 aliphatic carbocycles. The summed E-state index contributed by atoms with van der Waals surface area (Å²) >= 11 is 0. The van der Waals surface area contributed by atoms with Crippen molar-refractivity contribution in [2.45, 2.75) is 24.8 Å². The molecule has 1 heterocycles. The highest BCUT2D eigenvalue weighted by Gasteiger charge is 2.34. The topological polar surface area (TPSA) is 40.6 Å². The third kappa shape index (κ3) is 3.52. The third-order valence-electron chi connectivity index (χ3n) is 4.47. The quantitative estimate of drug-likeness (QED) is 0.838. The summed E-state index contributed by atoms with van der Waals surface area (Å²) in [6, 6.07) is 10.5. The van der Waals surface area contributed by atoms with Gasteiger partial charge in [-0.3, -0.25) is 0 Å².